The molecule has 0 unspecified atom stereocenters. The van der Waals surface area contributed by atoms with Crippen LogP contribution in [0.5, 0.6) is 0 Å². The number of rotatable bonds is 7. The quantitative estimate of drug-likeness (QED) is 0.718. The van der Waals surface area contributed by atoms with Crippen molar-refractivity contribution in [2.45, 2.75) is 32.7 Å². The Bertz CT molecular complexity index is 718. The molecular weight excluding hydrogens is 300 g/mol. The minimum Gasteiger partial charge on any atom is -0.308 e. The average Bonchev–Trinajstić information content (AvgIpc) is 2.80. The Morgan fingerprint density at radius 1 is 1.14 bits per heavy atom. The molecule has 7 heteroatoms. The summed E-state index contributed by atoms with van der Waals surface area (Å²) in [5, 5.41) is 10.5. The molecule has 0 bridgehead atoms. The van der Waals surface area contributed by atoms with Crippen LogP contribution in [0.15, 0.2) is 24.3 Å². The molecule has 0 saturated heterocycles. The molecule has 22 heavy (non-hydrogen) atoms. The van der Waals surface area contributed by atoms with Gasteiger partial charge in [-0.3, -0.25) is 5.10 Å². The zero-order valence-corrected chi connectivity index (χ0v) is 13.9. The first kappa shape index (κ1) is 16.7. The molecule has 3 N–H and O–H groups in total. The highest BCUT2D eigenvalue weighted by Crippen LogP contribution is 2.13. The third-order valence-corrected chi connectivity index (χ3v) is 4.99. The fourth-order valence-corrected chi connectivity index (χ4v) is 3.14. The summed E-state index contributed by atoms with van der Waals surface area (Å²) in [6.07, 6.45) is 0. The van der Waals surface area contributed by atoms with Crippen molar-refractivity contribution < 1.29 is 8.42 Å². The lowest BCUT2D eigenvalue weighted by Crippen LogP contribution is -2.22. The van der Waals surface area contributed by atoms with Gasteiger partial charge in [0.15, 0.2) is 0 Å². The standard InChI is InChI=1S/C15H22N4O2S/c1-11-15(12(2)19-18-11)9-17-8-13-6-4-5-7-14(13)10-22(20,21)16-3/h4-7,16-17H,8-10H2,1-3H3,(H,18,19). The van der Waals surface area contributed by atoms with Crippen LogP contribution in [0.25, 0.3) is 0 Å². The lowest BCUT2D eigenvalue weighted by molar-refractivity contribution is 0.587. The van der Waals surface area contributed by atoms with Gasteiger partial charge in [-0.1, -0.05) is 24.3 Å². The summed E-state index contributed by atoms with van der Waals surface area (Å²) >= 11 is 0. The monoisotopic (exact) mass is 322 g/mol. The number of sulfonamides is 1. The van der Waals surface area contributed by atoms with Crippen molar-refractivity contribution in [3.63, 3.8) is 0 Å². The van der Waals surface area contributed by atoms with Crippen LogP contribution >= 0.6 is 0 Å². The van der Waals surface area contributed by atoms with Crippen molar-refractivity contribution in [2.75, 3.05) is 7.05 Å². The van der Waals surface area contributed by atoms with Crippen LogP contribution in [0, 0.1) is 13.8 Å². The fraction of sp³-hybridized carbons (Fsp3) is 0.400. The molecule has 2 rings (SSSR count). The predicted molar refractivity (Wildman–Crippen MR) is 86.7 cm³/mol. The molecule has 0 fully saturated rings. The second-order valence-electron chi connectivity index (χ2n) is 5.25. The van der Waals surface area contributed by atoms with E-state index in [1.54, 1.807) is 0 Å². The maximum Gasteiger partial charge on any atom is 0.215 e. The van der Waals surface area contributed by atoms with Crippen LogP contribution in [0.2, 0.25) is 0 Å². The topological polar surface area (TPSA) is 86.9 Å². The Morgan fingerprint density at radius 2 is 1.82 bits per heavy atom. The van der Waals surface area contributed by atoms with Crippen LogP contribution in [0.4, 0.5) is 0 Å². The van der Waals surface area contributed by atoms with E-state index in [9.17, 15) is 8.42 Å². The van der Waals surface area contributed by atoms with Gasteiger partial charge in [0.05, 0.1) is 11.4 Å². The number of hydrogen-bond donors (Lipinski definition) is 3. The summed E-state index contributed by atoms with van der Waals surface area (Å²) in [4.78, 5) is 0. The minimum absolute atomic E-state index is 0.00881. The van der Waals surface area contributed by atoms with Crippen molar-refractivity contribution in [1.29, 1.82) is 0 Å². The predicted octanol–water partition coefficient (Wildman–Crippen LogP) is 1.37. The maximum absolute atomic E-state index is 11.7. The number of aromatic amines is 1. The Kier molecular flexibility index (Phi) is 5.33. The summed E-state index contributed by atoms with van der Waals surface area (Å²) in [7, 11) is -1.84. The number of hydrogen-bond acceptors (Lipinski definition) is 4. The van der Waals surface area contributed by atoms with E-state index in [0.29, 0.717) is 13.1 Å². The largest absolute Gasteiger partial charge is 0.308 e. The van der Waals surface area contributed by atoms with E-state index in [-0.39, 0.29) is 5.75 Å². The highest BCUT2D eigenvalue weighted by molar-refractivity contribution is 7.88. The van der Waals surface area contributed by atoms with E-state index in [1.165, 1.54) is 7.05 Å². The molecule has 0 saturated carbocycles. The van der Waals surface area contributed by atoms with Gasteiger partial charge in [0.25, 0.3) is 0 Å². The molecule has 1 aromatic carbocycles. The molecule has 6 nitrogen and oxygen atoms in total. The van der Waals surface area contributed by atoms with Gasteiger partial charge in [-0.25, -0.2) is 13.1 Å². The Balaban J connectivity index is 2.04. The first-order valence-corrected chi connectivity index (χ1v) is 8.77. The molecule has 0 atom stereocenters. The molecule has 0 spiro atoms. The van der Waals surface area contributed by atoms with E-state index in [2.05, 4.69) is 20.2 Å². The van der Waals surface area contributed by atoms with Gasteiger partial charge in [0.2, 0.25) is 10.0 Å². The Morgan fingerprint density at radius 3 is 2.41 bits per heavy atom. The zero-order valence-electron chi connectivity index (χ0n) is 13.1. The van der Waals surface area contributed by atoms with Crippen molar-refractivity contribution in [3.05, 3.63) is 52.3 Å². The van der Waals surface area contributed by atoms with Crippen molar-refractivity contribution in [3.8, 4) is 0 Å². The number of nitrogens with zero attached hydrogens (tertiary/aromatic N) is 1. The van der Waals surface area contributed by atoms with Crippen LogP contribution in [0.3, 0.4) is 0 Å². The van der Waals surface area contributed by atoms with Gasteiger partial charge in [-0.15, -0.1) is 0 Å². The highest BCUT2D eigenvalue weighted by atomic mass is 32.2. The number of aromatic nitrogens is 2. The summed E-state index contributed by atoms with van der Waals surface area (Å²) in [6.45, 7) is 5.26. The number of benzene rings is 1. The molecule has 1 aromatic heterocycles. The van der Waals surface area contributed by atoms with E-state index >= 15 is 0 Å². The number of H-pyrrole nitrogens is 1. The molecule has 0 radical (unpaired) electrons. The molecule has 0 aliphatic rings. The van der Waals surface area contributed by atoms with Crippen LogP contribution in [-0.2, 0) is 28.9 Å². The van der Waals surface area contributed by atoms with E-state index < -0.39 is 10.0 Å². The van der Waals surface area contributed by atoms with Gasteiger partial charge in [0.1, 0.15) is 0 Å². The Labute approximate surface area is 131 Å². The van der Waals surface area contributed by atoms with Gasteiger partial charge in [-0.05, 0) is 32.0 Å². The van der Waals surface area contributed by atoms with Crippen molar-refractivity contribution in [2.24, 2.45) is 0 Å². The maximum atomic E-state index is 11.7. The zero-order chi connectivity index (χ0) is 16.2. The second-order valence-corrected chi connectivity index (χ2v) is 7.17. The van der Waals surface area contributed by atoms with Gasteiger partial charge in [0, 0.05) is 24.3 Å². The average molecular weight is 322 g/mol. The minimum atomic E-state index is -3.27. The summed E-state index contributed by atoms with van der Waals surface area (Å²) in [5.74, 6) is -0.00881. The number of aryl methyl sites for hydroxylation is 2. The van der Waals surface area contributed by atoms with Crippen LogP contribution < -0.4 is 10.0 Å². The summed E-state index contributed by atoms with van der Waals surface area (Å²) in [6, 6.07) is 7.57. The van der Waals surface area contributed by atoms with E-state index in [1.807, 2.05) is 38.1 Å². The number of nitrogens with one attached hydrogen (secondary N) is 3. The molecule has 120 valence electrons. The normalized spacial score (nSPS) is 11.8. The first-order valence-electron chi connectivity index (χ1n) is 7.12. The highest BCUT2D eigenvalue weighted by Gasteiger charge is 2.12. The van der Waals surface area contributed by atoms with Crippen LogP contribution in [0.1, 0.15) is 28.1 Å². The van der Waals surface area contributed by atoms with Crippen molar-refractivity contribution in [1.82, 2.24) is 20.2 Å². The summed E-state index contributed by atoms with van der Waals surface area (Å²) < 4.78 is 25.8. The second kappa shape index (κ2) is 7.04. The molecule has 1 heterocycles. The molecule has 0 aliphatic carbocycles. The third kappa shape index (κ3) is 4.16. The Hall–Kier alpha value is -1.70. The smallest absolute Gasteiger partial charge is 0.215 e. The third-order valence-electron chi connectivity index (χ3n) is 3.67. The fourth-order valence-electron chi connectivity index (χ4n) is 2.30. The SMILES string of the molecule is CNS(=O)(=O)Cc1ccccc1CNCc1c(C)n[nH]c1C. The lowest BCUT2D eigenvalue weighted by Gasteiger charge is -2.11. The first-order chi connectivity index (χ1) is 10.4. The molecular formula is C15H22N4O2S. The van der Waals surface area contributed by atoms with E-state index in [0.717, 1.165) is 28.1 Å². The lowest BCUT2D eigenvalue weighted by atomic mass is 10.1. The molecule has 2 aromatic rings. The molecule has 0 amide bonds. The molecule has 0 aliphatic heterocycles. The van der Waals surface area contributed by atoms with Crippen LogP contribution in [-0.4, -0.2) is 25.7 Å². The van der Waals surface area contributed by atoms with Gasteiger partial charge >= 0.3 is 0 Å². The summed E-state index contributed by atoms with van der Waals surface area (Å²) in [5.41, 5.74) is 4.98. The van der Waals surface area contributed by atoms with E-state index in [4.69, 9.17) is 0 Å². The van der Waals surface area contributed by atoms with Crippen molar-refractivity contribution >= 4 is 10.0 Å². The van der Waals surface area contributed by atoms with Gasteiger partial charge < -0.3 is 5.32 Å². The van der Waals surface area contributed by atoms with Gasteiger partial charge in [-0.2, -0.15) is 5.10 Å².